The lowest BCUT2D eigenvalue weighted by molar-refractivity contribution is -0.134. The van der Waals surface area contributed by atoms with Gasteiger partial charge >= 0.3 is 5.97 Å². The van der Waals surface area contributed by atoms with E-state index in [0.29, 0.717) is 0 Å². The number of benzene rings is 2. The van der Waals surface area contributed by atoms with Gasteiger partial charge in [-0.3, -0.25) is 4.79 Å². The first-order valence-corrected chi connectivity index (χ1v) is 9.67. The van der Waals surface area contributed by atoms with E-state index in [1.807, 2.05) is 42.5 Å². The summed E-state index contributed by atoms with van der Waals surface area (Å²) in [6.45, 7) is -0.0615. The third-order valence-electron chi connectivity index (χ3n) is 5.69. The smallest absolute Gasteiger partial charge is 0.322 e. The Hall–Kier alpha value is -2.03. The fourth-order valence-corrected chi connectivity index (χ4v) is 4.41. The highest BCUT2D eigenvalue weighted by Gasteiger charge is 2.26. The van der Waals surface area contributed by atoms with Crippen LogP contribution in [0, 0.1) is 11.8 Å². The molecule has 2 aromatic rings. The van der Waals surface area contributed by atoms with Crippen molar-refractivity contribution in [1.29, 1.82) is 0 Å². The third kappa shape index (κ3) is 4.97. The molecular formula is C22H29NO2. The predicted octanol–water partition coefficient (Wildman–Crippen LogP) is 5.70. The summed E-state index contributed by atoms with van der Waals surface area (Å²) in [6, 6.07) is 13.7. The molecule has 0 saturated heterocycles. The summed E-state index contributed by atoms with van der Waals surface area (Å²) >= 11 is 0. The van der Waals surface area contributed by atoms with Crippen LogP contribution in [-0.2, 0) is 4.79 Å². The highest BCUT2D eigenvalue weighted by molar-refractivity contribution is 5.94. The maximum absolute atomic E-state index is 10.4. The van der Waals surface area contributed by atoms with Crippen LogP contribution in [0.5, 0.6) is 0 Å². The summed E-state index contributed by atoms with van der Waals surface area (Å²) in [7, 11) is 0. The standard InChI is InChI=1S/C12H11NO2.C10H18/c14-12(15)8-13-11-7-3-5-9-4-1-2-6-10(9)11;1-2-6-10-8-4-3-7-9(10)5-1/h1-7,13H,8H2,(H,14,15);9-10H,1-8H2. The number of fused-ring (bicyclic) bond motifs is 2. The highest BCUT2D eigenvalue weighted by atomic mass is 16.4. The van der Waals surface area contributed by atoms with Crippen molar-refractivity contribution in [3.05, 3.63) is 42.5 Å². The second-order valence-corrected chi connectivity index (χ2v) is 7.36. The first kappa shape index (κ1) is 17.8. The molecule has 0 aromatic heterocycles. The minimum Gasteiger partial charge on any atom is -0.480 e. The second kappa shape index (κ2) is 8.89. The maximum atomic E-state index is 10.4. The summed E-state index contributed by atoms with van der Waals surface area (Å²) in [5.41, 5.74) is 0.857. The quantitative estimate of drug-likeness (QED) is 0.754. The summed E-state index contributed by atoms with van der Waals surface area (Å²) < 4.78 is 0. The Labute approximate surface area is 150 Å². The lowest BCUT2D eigenvalue weighted by Crippen LogP contribution is -2.22. The van der Waals surface area contributed by atoms with Crippen LogP contribution in [0.25, 0.3) is 10.8 Å². The van der Waals surface area contributed by atoms with Gasteiger partial charge in [0, 0.05) is 11.1 Å². The van der Waals surface area contributed by atoms with E-state index in [4.69, 9.17) is 5.11 Å². The summed E-state index contributed by atoms with van der Waals surface area (Å²) in [5.74, 6) is 1.45. The van der Waals surface area contributed by atoms with Gasteiger partial charge < -0.3 is 10.4 Å². The average molecular weight is 339 g/mol. The Morgan fingerprint density at radius 2 is 1.44 bits per heavy atom. The van der Waals surface area contributed by atoms with Crippen molar-refractivity contribution in [2.75, 3.05) is 11.9 Å². The molecule has 0 atom stereocenters. The van der Waals surface area contributed by atoms with E-state index in [2.05, 4.69) is 5.32 Å². The van der Waals surface area contributed by atoms with Crippen LogP contribution in [0.2, 0.25) is 0 Å². The van der Waals surface area contributed by atoms with Gasteiger partial charge in [0.05, 0.1) is 0 Å². The van der Waals surface area contributed by atoms with Gasteiger partial charge in [-0.15, -0.1) is 0 Å². The second-order valence-electron chi connectivity index (χ2n) is 7.36. The van der Waals surface area contributed by atoms with Crippen LogP contribution in [-0.4, -0.2) is 17.6 Å². The van der Waals surface area contributed by atoms with Gasteiger partial charge in [-0.25, -0.2) is 0 Å². The van der Waals surface area contributed by atoms with Crippen LogP contribution in [0.3, 0.4) is 0 Å². The van der Waals surface area contributed by atoms with E-state index < -0.39 is 5.97 Å². The lowest BCUT2D eigenvalue weighted by Gasteiger charge is -2.35. The van der Waals surface area contributed by atoms with E-state index in [-0.39, 0.29) is 6.54 Å². The number of rotatable bonds is 3. The van der Waals surface area contributed by atoms with Crippen molar-refractivity contribution >= 4 is 22.4 Å². The van der Waals surface area contributed by atoms with E-state index in [9.17, 15) is 4.79 Å². The topological polar surface area (TPSA) is 49.3 Å². The fraction of sp³-hybridized carbons (Fsp3) is 0.500. The summed E-state index contributed by atoms with van der Waals surface area (Å²) in [4.78, 5) is 10.4. The molecule has 2 aromatic carbocycles. The molecule has 2 fully saturated rings. The lowest BCUT2D eigenvalue weighted by atomic mass is 9.71. The van der Waals surface area contributed by atoms with Gasteiger partial charge in [-0.05, 0) is 23.3 Å². The van der Waals surface area contributed by atoms with Gasteiger partial charge in [0.15, 0.2) is 0 Å². The van der Waals surface area contributed by atoms with Crippen molar-refractivity contribution in [3.63, 3.8) is 0 Å². The summed E-state index contributed by atoms with van der Waals surface area (Å²) in [6.07, 6.45) is 12.4. The van der Waals surface area contributed by atoms with Crippen molar-refractivity contribution in [3.8, 4) is 0 Å². The molecule has 4 rings (SSSR count). The number of anilines is 1. The largest absolute Gasteiger partial charge is 0.480 e. The van der Waals surface area contributed by atoms with E-state index >= 15 is 0 Å². The first-order chi connectivity index (χ1) is 12.2. The van der Waals surface area contributed by atoms with Crippen LogP contribution in [0.4, 0.5) is 5.69 Å². The van der Waals surface area contributed by atoms with Crippen LogP contribution in [0.1, 0.15) is 51.4 Å². The molecule has 3 nitrogen and oxygen atoms in total. The number of nitrogens with one attached hydrogen (secondary N) is 1. The molecule has 0 amide bonds. The Bertz CT molecular complexity index is 666. The molecule has 2 aliphatic rings. The minimum absolute atomic E-state index is 0.0615. The average Bonchev–Trinajstić information content (AvgIpc) is 2.67. The van der Waals surface area contributed by atoms with Gasteiger partial charge in [0.1, 0.15) is 6.54 Å². The van der Waals surface area contributed by atoms with E-state index in [1.165, 1.54) is 25.7 Å². The normalized spacial score (nSPS) is 22.4. The number of carbonyl (C=O) groups is 1. The van der Waals surface area contributed by atoms with E-state index in [0.717, 1.165) is 28.3 Å². The number of carboxylic acids is 1. The zero-order valence-corrected chi connectivity index (χ0v) is 14.9. The molecule has 0 spiro atoms. The number of hydrogen-bond donors (Lipinski definition) is 2. The van der Waals surface area contributed by atoms with Crippen LogP contribution >= 0.6 is 0 Å². The SMILES string of the molecule is C1CCC2CCCCC2C1.O=C(O)CNc1cccc2ccccc12. The van der Waals surface area contributed by atoms with Crippen molar-refractivity contribution in [1.82, 2.24) is 0 Å². The van der Waals surface area contributed by atoms with Crippen molar-refractivity contribution < 1.29 is 9.90 Å². The zero-order valence-electron chi connectivity index (χ0n) is 14.9. The minimum atomic E-state index is -0.858. The third-order valence-corrected chi connectivity index (χ3v) is 5.69. The molecule has 2 saturated carbocycles. The number of carboxylic acid groups (broad SMARTS) is 1. The number of aliphatic carboxylic acids is 1. The van der Waals surface area contributed by atoms with Crippen LogP contribution in [0.15, 0.2) is 42.5 Å². The van der Waals surface area contributed by atoms with Gasteiger partial charge in [0.2, 0.25) is 0 Å². The maximum Gasteiger partial charge on any atom is 0.322 e. The first-order valence-electron chi connectivity index (χ1n) is 9.67. The molecule has 25 heavy (non-hydrogen) atoms. The fourth-order valence-electron chi connectivity index (χ4n) is 4.41. The molecular weight excluding hydrogens is 310 g/mol. The molecule has 0 bridgehead atoms. The molecule has 0 unspecified atom stereocenters. The van der Waals surface area contributed by atoms with Gasteiger partial charge in [-0.1, -0.05) is 87.8 Å². The Balaban J connectivity index is 0.000000157. The van der Waals surface area contributed by atoms with Crippen molar-refractivity contribution in [2.24, 2.45) is 11.8 Å². The molecule has 2 aliphatic carbocycles. The molecule has 134 valence electrons. The Morgan fingerprint density at radius 1 is 0.880 bits per heavy atom. The summed E-state index contributed by atoms with van der Waals surface area (Å²) in [5, 5.41) is 13.6. The molecule has 0 heterocycles. The van der Waals surface area contributed by atoms with Crippen LogP contribution < -0.4 is 5.32 Å². The Morgan fingerprint density at radius 3 is 2.04 bits per heavy atom. The molecule has 3 heteroatoms. The zero-order chi connectivity index (χ0) is 17.5. The monoisotopic (exact) mass is 339 g/mol. The van der Waals surface area contributed by atoms with Gasteiger partial charge in [-0.2, -0.15) is 0 Å². The molecule has 0 radical (unpaired) electrons. The van der Waals surface area contributed by atoms with E-state index in [1.54, 1.807) is 25.7 Å². The Kier molecular flexibility index (Phi) is 6.32. The predicted molar refractivity (Wildman–Crippen MR) is 104 cm³/mol. The molecule has 2 N–H and O–H groups in total. The number of hydrogen-bond acceptors (Lipinski definition) is 2. The van der Waals surface area contributed by atoms with Crippen molar-refractivity contribution in [2.45, 2.75) is 51.4 Å². The molecule has 0 aliphatic heterocycles. The van der Waals surface area contributed by atoms with Gasteiger partial charge in [0.25, 0.3) is 0 Å². The highest BCUT2D eigenvalue weighted by Crippen LogP contribution is 2.40.